The van der Waals surface area contributed by atoms with Gasteiger partial charge in [-0.15, -0.1) is 0 Å². The molecule has 1 fully saturated rings. The molecule has 25 heavy (non-hydrogen) atoms. The fourth-order valence-electron chi connectivity index (χ4n) is 3.34. The van der Waals surface area contributed by atoms with E-state index < -0.39 is 21.5 Å². The van der Waals surface area contributed by atoms with Gasteiger partial charge < -0.3 is 15.7 Å². The molecule has 140 valence electrons. The van der Waals surface area contributed by atoms with Crippen molar-refractivity contribution in [2.24, 2.45) is 5.14 Å². The first-order chi connectivity index (χ1) is 11.7. The third-order valence-electron chi connectivity index (χ3n) is 4.67. The molecule has 0 aliphatic carbocycles. The van der Waals surface area contributed by atoms with E-state index in [4.69, 9.17) is 5.14 Å². The lowest BCUT2D eigenvalue weighted by molar-refractivity contribution is 0.0696. The number of nitrogens with one attached hydrogen (secondary N) is 2. The second kappa shape index (κ2) is 7.72. The number of anilines is 1. The highest BCUT2D eigenvalue weighted by Crippen LogP contribution is 2.39. The number of carbonyl (C=O) groups is 1. The predicted molar refractivity (Wildman–Crippen MR) is 97.4 cm³/mol. The van der Waals surface area contributed by atoms with Crippen molar-refractivity contribution < 1.29 is 18.3 Å². The Balaban J connectivity index is 2.68. The van der Waals surface area contributed by atoms with Gasteiger partial charge in [0.1, 0.15) is 0 Å². The van der Waals surface area contributed by atoms with Gasteiger partial charge in [0.05, 0.1) is 10.5 Å². The van der Waals surface area contributed by atoms with Gasteiger partial charge in [-0.2, -0.15) is 0 Å². The molecule has 8 heteroatoms. The second-order valence-corrected chi connectivity index (χ2v) is 8.27. The van der Waals surface area contributed by atoms with Crippen molar-refractivity contribution in [2.45, 2.75) is 56.4 Å². The van der Waals surface area contributed by atoms with Crippen LogP contribution in [0.5, 0.6) is 0 Å². The van der Waals surface area contributed by atoms with Crippen molar-refractivity contribution >= 4 is 21.7 Å². The van der Waals surface area contributed by atoms with Crippen LogP contribution in [0.3, 0.4) is 0 Å². The molecule has 1 aromatic carbocycles. The quantitative estimate of drug-likeness (QED) is 0.547. The standard InChI is InChI=1S/C17H27N3O4S/c1-3-4-8-19-13-10-12(16(21)22)11-14(25(18,23)24)15(13)17(2)7-5-6-9-20-17/h10-11,19-20H,3-9H2,1-2H3,(H,21,22)(H2,18,23,24)/t17-/m1/s1. The zero-order valence-corrected chi connectivity index (χ0v) is 15.6. The summed E-state index contributed by atoms with van der Waals surface area (Å²) in [5.74, 6) is -1.18. The molecule has 1 aromatic rings. The molecule has 0 unspecified atom stereocenters. The Labute approximate surface area is 149 Å². The molecule has 1 heterocycles. The van der Waals surface area contributed by atoms with Crippen molar-refractivity contribution in [2.75, 3.05) is 18.4 Å². The van der Waals surface area contributed by atoms with Crippen molar-refractivity contribution in [3.8, 4) is 0 Å². The van der Waals surface area contributed by atoms with E-state index in [1.165, 1.54) is 12.1 Å². The molecule has 1 atom stereocenters. The first-order valence-corrected chi connectivity index (χ1v) is 10.2. The number of primary sulfonamides is 1. The first kappa shape index (κ1) is 19.7. The normalized spacial score (nSPS) is 21.1. The fourth-order valence-corrected chi connectivity index (χ4v) is 4.25. The summed E-state index contributed by atoms with van der Waals surface area (Å²) in [6.45, 7) is 5.40. The third kappa shape index (κ3) is 4.50. The molecule has 1 aliphatic rings. The Morgan fingerprint density at radius 2 is 2.12 bits per heavy atom. The van der Waals surface area contributed by atoms with Crippen LogP contribution in [0.15, 0.2) is 17.0 Å². The monoisotopic (exact) mass is 369 g/mol. The molecule has 2 rings (SSSR count). The number of nitrogens with two attached hydrogens (primary N) is 1. The summed E-state index contributed by atoms with van der Waals surface area (Å²) in [5, 5.41) is 21.4. The van der Waals surface area contributed by atoms with E-state index in [1.54, 1.807) is 0 Å². The number of hydrogen-bond donors (Lipinski definition) is 4. The molecular formula is C17H27N3O4S. The van der Waals surface area contributed by atoms with Gasteiger partial charge in [0.25, 0.3) is 0 Å². The summed E-state index contributed by atoms with van der Waals surface area (Å²) in [6.07, 6.45) is 4.60. The fraction of sp³-hybridized carbons (Fsp3) is 0.588. The van der Waals surface area contributed by atoms with Crippen molar-refractivity contribution in [1.82, 2.24) is 5.32 Å². The lowest BCUT2D eigenvalue weighted by atomic mass is 9.82. The number of benzene rings is 1. The molecule has 7 nitrogen and oxygen atoms in total. The van der Waals surface area contributed by atoms with E-state index in [-0.39, 0.29) is 10.5 Å². The molecule has 0 bridgehead atoms. The van der Waals surface area contributed by atoms with E-state index in [9.17, 15) is 18.3 Å². The van der Waals surface area contributed by atoms with Gasteiger partial charge in [0.15, 0.2) is 0 Å². The highest BCUT2D eigenvalue weighted by atomic mass is 32.2. The first-order valence-electron chi connectivity index (χ1n) is 8.62. The van der Waals surface area contributed by atoms with Crippen LogP contribution in [0.4, 0.5) is 5.69 Å². The number of carboxylic acids is 1. The zero-order chi connectivity index (χ0) is 18.7. The molecule has 0 amide bonds. The minimum atomic E-state index is -4.07. The van der Waals surface area contributed by atoms with Gasteiger partial charge in [-0.3, -0.25) is 0 Å². The summed E-state index contributed by atoms with van der Waals surface area (Å²) in [7, 11) is -4.07. The number of aromatic carboxylic acids is 1. The lowest BCUT2D eigenvalue weighted by Crippen LogP contribution is -2.45. The summed E-state index contributed by atoms with van der Waals surface area (Å²) in [4.78, 5) is 11.3. The average molecular weight is 369 g/mol. The van der Waals surface area contributed by atoms with Crippen LogP contribution in [-0.2, 0) is 15.6 Å². The highest BCUT2D eigenvalue weighted by Gasteiger charge is 2.36. The van der Waals surface area contributed by atoms with Crippen LogP contribution in [-0.4, -0.2) is 32.6 Å². The van der Waals surface area contributed by atoms with Crippen molar-refractivity contribution in [3.63, 3.8) is 0 Å². The van der Waals surface area contributed by atoms with E-state index in [0.717, 1.165) is 38.6 Å². The van der Waals surface area contributed by atoms with E-state index in [1.807, 2.05) is 6.92 Å². The van der Waals surface area contributed by atoms with Crippen LogP contribution in [0.2, 0.25) is 0 Å². The maximum absolute atomic E-state index is 12.2. The summed E-state index contributed by atoms with van der Waals surface area (Å²) >= 11 is 0. The largest absolute Gasteiger partial charge is 0.478 e. The van der Waals surface area contributed by atoms with Crippen molar-refractivity contribution in [1.29, 1.82) is 0 Å². The average Bonchev–Trinajstić information content (AvgIpc) is 2.54. The molecule has 0 aromatic heterocycles. The Hall–Kier alpha value is -1.64. The Bertz CT molecular complexity index is 741. The lowest BCUT2D eigenvalue weighted by Gasteiger charge is -2.38. The van der Waals surface area contributed by atoms with Gasteiger partial charge in [-0.05, 0) is 44.9 Å². The van der Waals surface area contributed by atoms with Crippen LogP contribution >= 0.6 is 0 Å². The SMILES string of the molecule is CCCCNc1cc(C(=O)O)cc(S(N)(=O)=O)c1[C@@]1(C)CCCCN1. The van der Waals surface area contributed by atoms with Gasteiger partial charge in [0, 0.05) is 23.3 Å². The van der Waals surface area contributed by atoms with E-state index in [2.05, 4.69) is 17.6 Å². The number of hydrogen-bond acceptors (Lipinski definition) is 5. The molecule has 0 saturated carbocycles. The highest BCUT2D eigenvalue weighted by molar-refractivity contribution is 7.89. The molecule has 1 aliphatic heterocycles. The van der Waals surface area contributed by atoms with Crippen molar-refractivity contribution in [3.05, 3.63) is 23.3 Å². The summed E-state index contributed by atoms with van der Waals surface area (Å²) < 4.78 is 24.4. The van der Waals surface area contributed by atoms with Crippen LogP contribution < -0.4 is 15.8 Å². The summed E-state index contributed by atoms with van der Waals surface area (Å²) in [6, 6.07) is 2.67. The van der Waals surface area contributed by atoms with Gasteiger partial charge >= 0.3 is 5.97 Å². The number of rotatable bonds is 7. The maximum atomic E-state index is 12.2. The Kier molecular flexibility index (Phi) is 6.08. The molecular weight excluding hydrogens is 342 g/mol. The van der Waals surface area contributed by atoms with E-state index >= 15 is 0 Å². The Morgan fingerprint density at radius 1 is 1.40 bits per heavy atom. The maximum Gasteiger partial charge on any atom is 0.335 e. The zero-order valence-electron chi connectivity index (χ0n) is 14.8. The second-order valence-electron chi connectivity index (χ2n) is 6.74. The molecule has 5 N–H and O–H groups in total. The van der Waals surface area contributed by atoms with Gasteiger partial charge in [-0.25, -0.2) is 18.4 Å². The minimum absolute atomic E-state index is 0.0915. The molecule has 1 saturated heterocycles. The third-order valence-corrected chi connectivity index (χ3v) is 5.61. The molecule has 0 spiro atoms. The number of carboxylic acid groups (broad SMARTS) is 1. The minimum Gasteiger partial charge on any atom is -0.478 e. The van der Waals surface area contributed by atoms with Gasteiger partial charge in [0.2, 0.25) is 10.0 Å². The van der Waals surface area contributed by atoms with E-state index in [0.29, 0.717) is 17.8 Å². The smallest absolute Gasteiger partial charge is 0.335 e. The van der Waals surface area contributed by atoms with Gasteiger partial charge in [-0.1, -0.05) is 19.8 Å². The number of unbranched alkanes of at least 4 members (excludes halogenated alkanes) is 1. The molecule has 0 radical (unpaired) electrons. The Morgan fingerprint density at radius 3 is 2.64 bits per heavy atom. The summed E-state index contributed by atoms with van der Waals surface area (Å²) in [5.41, 5.74) is 0.391. The predicted octanol–water partition coefficient (Wildman–Crippen LogP) is 2.23. The topological polar surface area (TPSA) is 122 Å². The van der Waals surface area contributed by atoms with Crippen LogP contribution in [0, 0.1) is 0 Å². The van der Waals surface area contributed by atoms with Crippen LogP contribution in [0.1, 0.15) is 61.9 Å². The van der Waals surface area contributed by atoms with Crippen LogP contribution in [0.25, 0.3) is 0 Å². The number of piperidine rings is 1. The number of sulfonamides is 1.